The molecule has 0 saturated carbocycles. The summed E-state index contributed by atoms with van der Waals surface area (Å²) in [5.74, 6) is 1.50. The molecular weight excluding hydrogens is 228 g/mol. The number of aromatic nitrogens is 1. The number of fused-ring (bicyclic) bond motifs is 2. The lowest BCUT2D eigenvalue weighted by atomic mass is 10.1. The molecule has 0 N–H and O–H groups in total. The topological polar surface area (TPSA) is 55.1 Å². The minimum absolute atomic E-state index is 0.325. The molecule has 2 aromatic rings. The summed E-state index contributed by atoms with van der Waals surface area (Å²) in [5, 5.41) is 9.78. The van der Waals surface area contributed by atoms with Crippen molar-refractivity contribution in [2.24, 2.45) is 0 Å². The van der Waals surface area contributed by atoms with Crippen molar-refractivity contribution in [2.45, 2.75) is 13.3 Å². The summed E-state index contributed by atoms with van der Waals surface area (Å²) in [6, 6.07) is 7.91. The molecule has 90 valence electrons. The quantitative estimate of drug-likeness (QED) is 0.768. The molecule has 1 aromatic carbocycles. The van der Waals surface area contributed by atoms with E-state index < -0.39 is 0 Å². The van der Waals surface area contributed by atoms with E-state index >= 15 is 0 Å². The second kappa shape index (κ2) is 4.19. The first-order chi connectivity index (χ1) is 8.78. The van der Waals surface area contributed by atoms with Gasteiger partial charge in [0, 0.05) is 11.5 Å². The van der Waals surface area contributed by atoms with Gasteiger partial charge < -0.3 is 9.47 Å². The highest BCUT2D eigenvalue weighted by Crippen LogP contribution is 2.35. The average molecular weight is 240 g/mol. The Kier molecular flexibility index (Phi) is 2.52. The van der Waals surface area contributed by atoms with Gasteiger partial charge in [0.1, 0.15) is 13.2 Å². The van der Waals surface area contributed by atoms with E-state index in [9.17, 15) is 0 Å². The maximum Gasteiger partial charge on any atom is 0.163 e. The average Bonchev–Trinajstić information content (AvgIpc) is 2.37. The van der Waals surface area contributed by atoms with E-state index in [1.165, 1.54) is 0 Å². The fraction of sp³-hybridized carbons (Fsp3) is 0.286. The van der Waals surface area contributed by atoms with E-state index in [-0.39, 0.29) is 0 Å². The van der Waals surface area contributed by atoms with Crippen molar-refractivity contribution in [1.29, 1.82) is 5.26 Å². The van der Waals surface area contributed by atoms with E-state index in [2.05, 4.69) is 11.1 Å². The van der Waals surface area contributed by atoms with Gasteiger partial charge in [-0.3, -0.25) is 4.98 Å². The normalized spacial score (nSPS) is 13.3. The van der Waals surface area contributed by atoms with Gasteiger partial charge in [0.05, 0.1) is 23.7 Å². The molecule has 3 rings (SSSR count). The maximum absolute atomic E-state index is 8.74. The summed E-state index contributed by atoms with van der Waals surface area (Å²) >= 11 is 0. The fourth-order valence-corrected chi connectivity index (χ4v) is 2.17. The molecule has 0 aliphatic carbocycles. The summed E-state index contributed by atoms with van der Waals surface area (Å²) in [6.45, 7) is 3.16. The van der Waals surface area contributed by atoms with Crippen LogP contribution >= 0.6 is 0 Å². The van der Waals surface area contributed by atoms with Crippen LogP contribution in [0.2, 0.25) is 0 Å². The SMILES string of the molecule is Cc1cc(CC#N)nc2cc3c(cc12)OCCO3. The zero-order valence-corrected chi connectivity index (χ0v) is 10.1. The van der Waals surface area contributed by atoms with Gasteiger partial charge >= 0.3 is 0 Å². The number of pyridine rings is 1. The number of aryl methyl sites for hydroxylation is 1. The van der Waals surface area contributed by atoms with E-state index in [0.29, 0.717) is 19.6 Å². The van der Waals surface area contributed by atoms with E-state index in [0.717, 1.165) is 33.7 Å². The van der Waals surface area contributed by atoms with Crippen LogP contribution in [-0.4, -0.2) is 18.2 Å². The molecule has 0 radical (unpaired) electrons. The minimum atomic E-state index is 0.325. The fourth-order valence-electron chi connectivity index (χ4n) is 2.17. The Hall–Kier alpha value is -2.28. The van der Waals surface area contributed by atoms with Gasteiger partial charge in [-0.1, -0.05) is 0 Å². The largest absolute Gasteiger partial charge is 0.486 e. The van der Waals surface area contributed by atoms with Crippen LogP contribution in [0.15, 0.2) is 18.2 Å². The van der Waals surface area contributed by atoms with Gasteiger partial charge in [0.2, 0.25) is 0 Å². The number of ether oxygens (including phenoxy) is 2. The number of hydrogen-bond acceptors (Lipinski definition) is 4. The van der Waals surface area contributed by atoms with Crippen molar-refractivity contribution >= 4 is 10.9 Å². The van der Waals surface area contributed by atoms with Crippen LogP contribution in [0.5, 0.6) is 11.5 Å². The van der Waals surface area contributed by atoms with Crippen LogP contribution < -0.4 is 9.47 Å². The van der Waals surface area contributed by atoms with Gasteiger partial charge in [0.25, 0.3) is 0 Å². The van der Waals surface area contributed by atoms with Crippen LogP contribution in [0, 0.1) is 18.3 Å². The number of nitrogens with zero attached hydrogens (tertiary/aromatic N) is 2. The lowest BCUT2D eigenvalue weighted by molar-refractivity contribution is 0.172. The molecule has 4 nitrogen and oxygen atoms in total. The minimum Gasteiger partial charge on any atom is -0.486 e. The van der Waals surface area contributed by atoms with Crippen LogP contribution in [-0.2, 0) is 6.42 Å². The Morgan fingerprint density at radius 3 is 2.67 bits per heavy atom. The predicted molar refractivity (Wildman–Crippen MR) is 66.8 cm³/mol. The molecule has 0 spiro atoms. The Morgan fingerprint density at radius 1 is 1.22 bits per heavy atom. The zero-order valence-electron chi connectivity index (χ0n) is 10.1. The summed E-state index contributed by atoms with van der Waals surface area (Å²) in [4.78, 5) is 4.48. The molecule has 2 heterocycles. The molecule has 1 aliphatic rings. The van der Waals surface area contributed by atoms with E-state index in [1.807, 2.05) is 25.1 Å². The third-order valence-electron chi connectivity index (χ3n) is 2.99. The molecule has 4 heteroatoms. The molecule has 0 bridgehead atoms. The Labute approximate surface area is 105 Å². The first kappa shape index (κ1) is 10.8. The third-order valence-corrected chi connectivity index (χ3v) is 2.99. The van der Waals surface area contributed by atoms with Crippen LogP contribution in [0.3, 0.4) is 0 Å². The molecule has 0 atom stereocenters. The van der Waals surface area contributed by atoms with Crippen molar-refractivity contribution in [3.05, 3.63) is 29.5 Å². The molecule has 0 fully saturated rings. The van der Waals surface area contributed by atoms with Gasteiger partial charge in [0.15, 0.2) is 11.5 Å². The molecule has 1 aromatic heterocycles. The molecule has 0 unspecified atom stereocenters. The summed E-state index contributed by atoms with van der Waals surface area (Å²) in [7, 11) is 0. The summed E-state index contributed by atoms with van der Waals surface area (Å²) in [6.07, 6.45) is 0.325. The first-order valence-electron chi connectivity index (χ1n) is 5.85. The van der Waals surface area contributed by atoms with E-state index in [4.69, 9.17) is 14.7 Å². The van der Waals surface area contributed by atoms with Crippen molar-refractivity contribution in [1.82, 2.24) is 4.98 Å². The summed E-state index contributed by atoms with van der Waals surface area (Å²) < 4.78 is 11.1. The zero-order chi connectivity index (χ0) is 12.5. The Bertz CT molecular complexity index is 659. The molecule has 18 heavy (non-hydrogen) atoms. The standard InChI is InChI=1S/C14H12N2O2/c1-9-6-10(2-3-15)16-12-8-14-13(7-11(9)12)17-4-5-18-14/h6-8H,2,4-5H2,1H3. The highest BCUT2D eigenvalue weighted by atomic mass is 16.6. The number of nitriles is 1. The van der Waals surface area contributed by atoms with Crippen molar-refractivity contribution in [2.75, 3.05) is 13.2 Å². The molecule has 1 aliphatic heterocycles. The Morgan fingerprint density at radius 2 is 1.94 bits per heavy atom. The lowest BCUT2D eigenvalue weighted by Gasteiger charge is -2.19. The van der Waals surface area contributed by atoms with Crippen molar-refractivity contribution in [3.63, 3.8) is 0 Å². The van der Waals surface area contributed by atoms with Gasteiger partial charge in [-0.05, 0) is 24.6 Å². The smallest absolute Gasteiger partial charge is 0.163 e. The predicted octanol–water partition coefficient (Wildman–Crippen LogP) is 2.38. The van der Waals surface area contributed by atoms with Crippen LogP contribution in [0.4, 0.5) is 0 Å². The lowest BCUT2D eigenvalue weighted by Crippen LogP contribution is -2.15. The number of benzene rings is 1. The Balaban J connectivity index is 2.21. The van der Waals surface area contributed by atoms with Gasteiger partial charge in [-0.25, -0.2) is 0 Å². The highest BCUT2D eigenvalue weighted by Gasteiger charge is 2.14. The second-order valence-electron chi connectivity index (χ2n) is 4.28. The van der Waals surface area contributed by atoms with Crippen molar-refractivity contribution in [3.8, 4) is 17.6 Å². The number of hydrogen-bond donors (Lipinski definition) is 0. The summed E-state index contributed by atoms with van der Waals surface area (Å²) in [5.41, 5.74) is 2.74. The first-order valence-corrected chi connectivity index (χ1v) is 5.85. The molecule has 0 saturated heterocycles. The van der Waals surface area contributed by atoms with Gasteiger partial charge in [-0.2, -0.15) is 5.26 Å². The van der Waals surface area contributed by atoms with Crippen LogP contribution in [0.1, 0.15) is 11.3 Å². The maximum atomic E-state index is 8.74. The van der Waals surface area contributed by atoms with Crippen molar-refractivity contribution < 1.29 is 9.47 Å². The monoisotopic (exact) mass is 240 g/mol. The highest BCUT2D eigenvalue weighted by molar-refractivity contribution is 5.86. The third kappa shape index (κ3) is 1.74. The molecule has 0 amide bonds. The van der Waals surface area contributed by atoms with Gasteiger partial charge in [-0.15, -0.1) is 0 Å². The molecular formula is C14H12N2O2. The number of rotatable bonds is 1. The second-order valence-corrected chi connectivity index (χ2v) is 4.28. The van der Waals surface area contributed by atoms with Crippen LogP contribution in [0.25, 0.3) is 10.9 Å². The van der Waals surface area contributed by atoms with E-state index in [1.54, 1.807) is 0 Å².